The van der Waals surface area contributed by atoms with Crippen molar-refractivity contribution in [3.8, 4) is 5.75 Å². The van der Waals surface area contributed by atoms with Crippen molar-refractivity contribution in [2.75, 3.05) is 37.8 Å². The molecule has 1 aromatic heterocycles. The zero-order chi connectivity index (χ0) is 32.8. The Morgan fingerprint density at radius 3 is 2.74 bits per heavy atom. The van der Waals surface area contributed by atoms with Crippen LogP contribution >= 0.6 is 11.3 Å². The van der Waals surface area contributed by atoms with Crippen LogP contribution < -0.4 is 21.1 Å². The average molecular weight is 659 g/mol. The van der Waals surface area contributed by atoms with Gasteiger partial charge in [-0.2, -0.15) is 5.01 Å². The molecule has 13 nitrogen and oxygen atoms in total. The largest absolute Gasteiger partial charge is 0.482 e. The van der Waals surface area contributed by atoms with E-state index < -0.39 is 18.2 Å². The summed E-state index contributed by atoms with van der Waals surface area (Å²) in [5.74, 6) is -0.678. The third kappa shape index (κ3) is 5.90. The zero-order valence-electron chi connectivity index (χ0n) is 25.3. The van der Waals surface area contributed by atoms with Crippen molar-refractivity contribution in [2.24, 2.45) is 0 Å². The Balaban J connectivity index is 1.17. The number of thiazole rings is 1. The topological polar surface area (TPSA) is 153 Å². The number of rotatable bonds is 7. The molecule has 2 saturated heterocycles. The van der Waals surface area contributed by atoms with Gasteiger partial charge in [0.1, 0.15) is 23.8 Å². The maximum atomic E-state index is 14.3. The van der Waals surface area contributed by atoms with Crippen LogP contribution in [-0.2, 0) is 33.9 Å². The third-order valence-corrected chi connectivity index (χ3v) is 9.44. The Hall–Kier alpha value is -5.28. The van der Waals surface area contributed by atoms with Gasteiger partial charge < -0.3 is 30.9 Å². The highest BCUT2D eigenvalue weighted by Crippen LogP contribution is 2.34. The fourth-order valence-corrected chi connectivity index (χ4v) is 7.08. The first kappa shape index (κ1) is 30.4. The Kier molecular flexibility index (Phi) is 7.85. The molecular formula is C32H31FN8O5S. The number of carbonyl (C=O) groups is 4. The molecule has 0 radical (unpaired) electrons. The number of ether oxygens (including phenoxy) is 1. The third-order valence-electron chi connectivity index (χ3n) is 8.59. The Morgan fingerprint density at radius 1 is 1.15 bits per heavy atom. The van der Waals surface area contributed by atoms with Crippen LogP contribution in [0.15, 0.2) is 60.7 Å². The van der Waals surface area contributed by atoms with Crippen molar-refractivity contribution in [1.29, 1.82) is 0 Å². The van der Waals surface area contributed by atoms with E-state index in [4.69, 9.17) is 10.5 Å². The number of carbonyl (C=O) groups excluding carboxylic acids is 4. The van der Waals surface area contributed by atoms with E-state index in [1.54, 1.807) is 46.1 Å². The molecule has 0 bridgehead atoms. The summed E-state index contributed by atoms with van der Waals surface area (Å²) in [7, 11) is 1.57. The number of urea groups is 1. The molecule has 4 N–H and O–H groups in total. The van der Waals surface area contributed by atoms with E-state index in [2.05, 4.69) is 15.6 Å². The smallest absolute Gasteiger partial charge is 0.332 e. The molecule has 4 heterocycles. The van der Waals surface area contributed by atoms with Gasteiger partial charge in [0.05, 0.1) is 29.0 Å². The van der Waals surface area contributed by atoms with Gasteiger partial charge in [0.15, 0.2) is 11.7 Å². The summed E-state index contributed by atoms with van der Waals surface area (Å²) in [5, 5.41) is 9.03. The number of anilines is 2. The summed E-state index contributed by atoms with van der Waals surface area (Å²) in [6.45, 7) is 0.323. The monoisotopic (exact) mass is 658 g/mol. The average Bonchev–Trinajstić information content (AvgIpc) is 3.60. The molecular weight excluding hydrogens is 627 g/mol. The van der Waals surface area contributed by atoms with Crippen molar-refractivity contribution in [1.82, 2.24) is 30.1 Å². The van der Waals surface area contributed by atoms with E-state index in [1.165, 1.54) is 28.5 Å². The lowest BCUT2D eigenvalue weighted by Gasteiger charge is -2.45. The van der Waals surface area contributed by atoms with Crippen LogP contribution in [0.2, 0.25) is 0 Å². The minimum absolute atomic E-state index is 0.0788. The van der Waals surface area contributed by atoms with E-state index >= 15 is 0 Å². The van der Waals surface area contributed by atoms with Crippen molar-refractivity contribution in [3.63, 3.8) is 0 Å². The predicted molar refractivity (Wildman–Crippen MR) is 171 cm³/mol. The van der Waals surface area contributed by atoms with Crippen molar-refractivity contribution in [2.45, 2.75) is 31.7 Å². The van der Waals surface area contributed by atoms with Gasteiger partial charge >= 0.3 is 6.03 Å². The quantitative estimate of drug-likeness (QED) is 0.274. The summed E-state index contributed by atoms with van der Waals surface area (Å²) >= 11 is 1.36. The molecule has 3 aliphatic rings. The number of hydrogen-bond acceptors (Lipinski definition) is 9. The molecule has 242 valence electrons. The number of nitrogens with zero attached hydrogens (tertiary/aromatic N) is 5. The van der Waals surface area contributed by atoms with E-state index in [9.17, 15) is 23.6 Å². The number of nitrogens with two attached hydrogens (primary N) is 1. The lowest BCUT2D eigenvalue weighted by molar-refractivity contribution is -0.157. The van der Waals surface area contributed by atoms with Crippen LogP contribution in [0, 0.1) is 5.82 Å². The van der Waals surface area contributed by atoms with Gasteiger partial charge in [-0.15, -0.1) is 0 Å². The molecule has 5 amide bonds. The number of nitrogen functional groups attached to an aromatic ring is 1. The number of halogens is 1. The van der Waals surface area contributed by atoms with Crippen LogP contribution in [0.3, 0.4) is 0 Å². The van der Waals surface area contributed by atoms with E-state index in [0.29, 0.717) is 27.6 Å². The number of piperazine rings is 1. The van der Waals surface area contributed by atoms with Gasteiger partial charge in [-0.25, -0.2) is 14.2 Å². The highest BCUT2D eigenvalue weighted by Gasteiger charge is 2.51. The molecule has 7 rings (SSSR count). The van der Waals surface area contributed by atoms with Gasteiger partial charge in [0.2, 0.25) is 11.8 Å². The maximum Gasteiger partial charge on any atom is 0.332 e. The number of hydrazine groups is 1. The minimum atomic E-state index is -0.889. The fraction of sp³-hybridized carbons (Fsp3) is 0.281. The first-order chi connectivity index (χ1) is 22.6. The number of amides is 5. The van der Waals surface area contributed by atoms with Crippen LogP contribution in [0.5, 0.6) is 5.75 Å². The van der Waals surface area contributed by atoms with Crippen LogP contribution in [-0.4, -0.2) is 87.5 Å². The normalized spacial score (nSPS) is 19.3. The summed E-state index contributed by atoms with van der Waals surface area (Å²) in [4.78, 5) is 60.9. The molecule has 2 atom stereocenters. The van der Waals surface area contributed by atoms with Crippen molar-refractivity contribution in [3.05, 3.63) is 83.2 Å². The first-order valence-corrected chi connectivity index (χ1v) is 15.8. The zero-order valence-corrected chi connectivity index (χ0v) is 26.1. The second-order valence-electron chi connectivity index (χ2n) is 11.6. The molecule has 15 heteroatoms. The van der Waals surface area contributed by atoms with Gasteiger partial charge in [-0.3, -0.25) is 19.4 Å². The Morgan fingerprint density at radius 2 is 1.94 bits per heavy atom. The van der Waals surface area contributed by atoms with Crippen LogP contribution in [0.25, 0.3) is 10.2 Å². The Bertz CT molecular complexity index is 1900. The first-order valence-electron chi connectivity index (χ1n) is 15.0. The number of nitrogens with one attached hydrogen (secondary N) is 2. The van der Waals surface area contributed by atoms with Crippen molar-refractivity contribution < 1.29 is 28.3 Å². The summed E-state index contributed by atoms with van der Waals surface area (Å²) in [5.41, 5.74) is 9.45. The van der Waals surface area contributed by atoms with Gasteiger partial charge in [-0.1, -0.05) is 41.7 Å². The molecule has 0 spiro atoms. The summed E-state index contributed by atoms with van der Waals surface area (Å²) < 4.78 is 19.7. The second kappa shape index (κ2) is 12.1. The molecule has 3 aromatic carbocycles. The highest BCUT2D eigenvalue weighted by molar-refractivity contribution is 7.22. The molecule has 0 saturated carbocycles. The van der Waals surface area contributed by atoms with Crippen LogP contribution in [0.4, 0.5) is 20.0 Å². The maximum absolute atomic E-state index is 14.3. The number of aromatic nitrogens is 1. The van der Waals surface area contributed by atoms with Gasteiger partial charge in [-0.05, 0) is 47.0 Å². The van der Waals surface area contributed by atoms with Gasteiger partial charge in [0, 0.05) is 26.6 Å². The van der Waals surface area contributed by atoms with E-state index in [0.717, 1.165) is 15.8 Å². The van der Waals surface area contributed by atoms with Crippen LogP contribution in [0.1, 0.15) is 16.7 Å². The highest BCUT2D eigenvalue weighted by atomic mass is 32.1. The Labute approximate surface area is 272 Å². The molecule has 0 aliphatic carbocycles. The lowest BCUT2D eigenvalue weighted by atomic mass is 9.99. The standard InChI is InChI=1S/C32H31FN8O5S/c1-38(32(45)35-13-18-5-8-21(33)9-6-18)40-16-28(43)41-23(12-19-7-10-24-22(11-19)36-26(42)17-46-24)30(44)39(15-27(40)41)14-20-3-2-4-25-29(20)37-31(34)47-25/h2-11,23,27H,12-17H2,1H3,(H2,34,37)(H,35,45)(H,36,42)/t23-,27+/m0/s1. The molecule has 2 fully saturated rings. The van der Waals surface area contributed by atoms with E-state index in [1.807, 2.05) is 24.3 Å². The lowest BCUT2D eigenvalue weighted by Crippen LogP contribution is -2.65. The number of para-hydroxylation sites is 1. The van der Waals surface area contributed by atoms with Gasteiger partial charge in [0.25, 0.3) is 5.91 Å². The number of fused-ring (bicyclic) bond motifs is 3. The molecule has 3 aliphatic heterocycles. The minimum Gasteiger partial charge on any atom is -0.482 e. The van der Waals surface area contributed by atoms with E-state index in [-0.39, 0.29) is 62.7 Å². The summed E-state index contributed by atoms with van der Waals surface area (Å²) in [6.07, 6.45) is -0.477. The summed E-state index contributed by atoms with van der Waals surface area (Å²) in [6, 6.07) is 15.5. The predicted octanol–water partition coefficient (Wildman–Crippen LogP) is 2.53. The molecule has 0 unspecified atom stereocenters. The SMILES string of the molecule is CN(C(=O)NCc1ccc(F)cc1)N1CC(=O)N2[C@@H](Cc3ccc4c(c3)NC(=O)CO4)C(=O)N(Cc3cccc4sc(N)nc34)C[C@@H]21. The molecule has 4 aromatic rings. The fourth-order valence-electron chi connectivity index (χ4n) is 6.30. The van der Waals surface area contributed by atoms with Crippen molar-refractivity contribution >= 4 is 56.1 Å². The second-order valence-corrected chi connectivity index (χ2v) is 12.7. The molecule has 47 heavy (non-hydrogen) atoms. The number of hydrogen-bond donors (Lipinski definition) is 3. The number of benzene rings is 3.